The fourth-order valence-corrected chi connectivity index (χ4v) is 4.09. The first-order valence-electron chi connectivity index (χ1n) is 8.86. The molecule has 2 aromatic carbocycles. The van der Waals surface area contributed by atoms with Crippen LogP contribution < -0.4 is 9.47 Å². The Morgan fingerprint density at radius 3 is 2.39 bits per heavy atom. The number of esters is 1. The average Bonchev–Trinajstić information content (AvgIpc) is 2.70. The molecule has 0 saturated carbocycles. The molecule has 148 valence electrons. The molecule has 2 rings (SSSR count). The molecular formula is C20H22N2O5S. The Morgan fingerprint density at radius 2 is 1.79 bits per heavy atom. The molecule has 0 bridgehead atoms. The fourth-order valence-electron chi connectivity index (χ4n) is 2.59. The van der Waals surface area contributed by atoms with Gasteiger partial charge in [0.05, 0.1) is 28.7 Å². The van der Waals surface area contributed by atoms with Gasteiger partial charge in [-0.1, -0.05) is 19.9 Å². The van der Waals surface area contributed by atoms with E-state index in [9.17, 15) is 13.2 Å². The van der Waals surface area contributed by atoms with E-state index in [0.29, 0.717) is 25.3 Å². The minimum Gasteiger partial charge on any atom is -0.490 e. The highest BCUT2D eigenvalue weighted by molar-refractivity contribution is 7.89. The summed E-state index contributed by atoms with van der Waals surface area (Å²) in [4.78, 5) is 12.6. The molecule has 7 nitrogen and oxygen atoms in total. The summed E-state index contributed by atoms with van der Waals surface area (Å²) in [5.41, 5.74) is 0.468. The number of nitriles is 1. The van der Waals surface area contributed by atoms with Crippen molar-refractivity contribution in [1.82, 2.24) is 4.31 Å². The zero-order chi connectivity index (χ0) is 20.7. The van der Waals surface area contributed by atoms with E-state index in [2.05, 4.69) is 0 Å². The Bertz CT molecular complexity index is 992. The number of nitrogens with zero attached hydrogens (tertiary/aromatic N) is 2. The Morgan fingerprint density at radius 1 is 1.07 bits per heavy atom. The quantitative estimate of drug-likeness (QED) is 0.497. The molecule has 0 heterocycles. The SMILES string of the molecule is CCOc1cc(C#N)ccc1OC(=O)c1cccc(S(=O)(=O)N(CC)CC)c1. The highest BCUT2D eigenvalue weighted by Crippen LogP contribution is 2.29. The lowest BCUT2D eigenvalue weighted by Crippen LogP contribution is -2.30. The van der Waals surface area contributed by atoms with Crippen LogP contribution in [-0.2, 0) is 10.0 Å². The standard InChI is InChI=1S/C20H22N2O5S/c1-4-22(5-2)28(24,25)17-9-7-8-16(13-17)20(23)27-18-11-10-15(14-21)12-19(18)26-6-3/h7-13H,4-6H2,1-3H3. The second kappa shape index (κ2) is 9.35. The minimum atomic E-state index is -3.69. The lowest BCUT2D eigenvalue weighted by molar-refractivity contribution is 0.0728. The summed E-state index contributed by atoms with van der Waals surface area (Å²) in [7, 11) is -3.69. The zero-order valence-electron chi connectivity index (χ0n) is 16.0. The summed E-state index contributed by atoms with van der Waals surface area (Å²) in [6.45, 7) is 6.26. The molecule has 0 aliphatic rings. The van der Waals surface area contributed by atoms with Crippen LogP contribution in [0.5, 0.6) is 11.5 Å². The Kier molecular flexibility index (Phi) is 7.15. The van der Waals surface area contributed by atoms with E-state index in [0.717, 1.165) is 0 Å². The zero-order valence-corrected chi connectivity index (χ0v) is 16.8. The molecule has 0 spiro atoms. The summed E-state index contributed by atoms with van der Waals surface area (Å²) in [6, 6.07) is 12.2. The van der Waals surface area contributed by atoms with Crippen LogP contribution in [0.25, 0.3) is 0 Å². The molecular weight excluding hydrogens is 380 g/mol. The van der Waals surface area contributed by atoms with E-state index in [-0.39, 0.29) is 22.0 Å². The van der Waals surface area contributed by atoms with Gasteiger partial charge in [-0.25, -0.2) is 13.2 Å². The van der Waals surface area contributed by atoms with Gasteiger partial charge in [-0.3, -0.25) is 0 Å². The van der Waals surface area contributed by atoms with Crippen LogP contribution in [-0.4, -0.2) is 38.4 Å². The van der Waals surface area contributed by atoms with Crippen LogP contribution in [0.4, 0.5) is 0 Å². The van der Waals surface area contributed by atoms with Crippen molar-refractivity contribution >= 4 is 16.0 Å². The van der Waals surface area contributed by atoms with Gasteiger partial charge in [-0.15, -0.1) is 0 Å². The van der Waals surface area contributed by atoms with E-state index in [1.54, 1.807) is 20.8 Å². The van der Waals surface area contributed by atoms with E-state index in [1.807, 2.05) is 6.07 Å². The molecule has 0 unspecified atom stereocenters. The lowest BCUT2D eigenvalue weighted by Gasteiger charge is -2.18. The molecule has 0 radical (unpaired) electrons. The van der Waals surface area contributed by atoms with Crippen LogP contribution in [0.2, 0.25) is 0 Å². The first-order chi connectivity index (χ1) is 13.4. The number of hydrogen-bond donors (Lipinski definition) is 0. The van der Waals surface area contributed by atoms with E-state index >= 15 is 0 Å². The second-order valence-corrected chi connectivity index (χ2v) is 7.65. The highest BCUT2D eigenvalue weighted by Gasteiger charge is 2.23. The number of hydrogen-bond acceptors (Lipinski definition) is 6. The third-order valence-electron chi connectivity index (χ3n) is 3.99. The topological polar surface area (TPSA) is 96.7 Å². The van der Waals surface area contributed by atoms with Crippen molar-refractivity contribution in [3.63, 3.8) is 0 Å². The molecule has 8 heteroatoms. The third-order valence-corrected chi connectivity index (χ3v) is 6.03. The third kappa shape index (κ3) is 4.68. The summed E-state index contributed by atoms with van der Waals surface area (Å²) in [5, 5.41) is 9.00. The largest absolute Gasteiger partial charge is 0.490 e. The van der Waals surface area contributed by atoms with Crippen LogP contribution in [0.1, 0.15) is 36.7 Å². The molecule has 0 fully saturated rings. The summed E-state index contributed by atoms with van der Waals surface area (Å²) >= 11 is 0. The van der Waals surface area contributed by atoms with Crippen molar-refractivity contribution in [2.75, 3.05) is 19.7 Å². The van der Waals surface area contributed by atoms with Crippen LogP contribution in [0.3, 0.4) is 0 Å². The maximum absolute atomic E-state index is 12.7. The van der Waals surface area contributed by atoms with Gasteiger partial charge < -0.3 is 9.47 Å². The van der Waals surface area contributed by atoms with Crippen molar-refractivity contribution in [3.8, 4) is 17.6 Å². The van der Waals surface area contributed by atoms with Crippen molar-refractivity contribution in [2.24, 2.45) is 0 Å². The van der Waals surface area contributed by atoms with Gasteiger partial charge in [-0.05, 0) is 37.3 Å². The fraction of sp³-hybridized carbons (Fsp3) is 0.300. The number of carbonyl (C=O) groups excluding carboxylic acids is 1. The summed E-state index contributed by atoms with van der Waals surface area (Å²) in [5.74, 6) is -0.299. The maximum atomic E-state index is 12.7. The normalized spacial score (nSPS) is 11.1. The Balaban J connectivity index is 2.33. The van der Waals surface area contributed by atoms with Crippen LogP contribution in [0, 0.1) is 11.3 Å². The van der Waals surface area contributed by atoms with Crippen LogP contribution in [0.15, 0.2) is 47.4 Å². The van der Waals surface area contributed by atoms with Crippen molar-refractivity contribution in [3.05, 3.63) is 53.6 Å². The van der Waals surface area contributed by atoms with Gasteiger partial charge in [0.2, 0.25) is 10.0 Å². The molecule has 0 aliphatic carbocycles. The first-order valence-corrected chi connectivity index (χ1v) is 10.3. The molecule has 2 aromatic rings. The Hall–Kier alpha value is -2.89. The van der Waals surface area contributed by atoms with E-state index in [1.165, 1.54) is 46.8 Å². The lowest BCUT2D eigenvalue weighted by atomic mass is 10.2. The van der Waals surface area contributed by atoms with Gasteiger partial charge in [0.25, 0.3) is 0 Å². The van der Waals surface area contributed by atoms with Crippen molar-refractivity contribution < 1.29 is 22.7 Å². The molecule has 0 aliphatic heterocycles. The van der Waals surface area contributed by atoms with Gasteiger partial charge in [-0.2, -0.15) is 9.57 Å². The molecule has 0 amide bonds. The number of carbonyl (C=O) groups is 1. The van der Waals surface area contributed by atoms with Gasteiger partial charge in [0.1, 0.15) is 0 Å². The predicted molar refractivity (Wildman–Crippen MR) is 104 cm³/mol. The first kappa shape index (κ1) is 21.4. The molecule has 0 saturated heterocycles. The number of benzene rings is 2. The van der Waals surface area contributed by atoms with E-state index in [4.69, 9.17) is 14.7 Å². The molecule has 0 aromatic heterocycles. The number of rotatable bonds is 8. The van der Waals surface area contributed by atoms with Gasteiger partial charge >= 0.3 is 5.97 Å². The minimum absolute atomic E-state index is 0.0236. The predicted octanol–water partition coefficient (Wildman–Crippen LogP) is 3.21. The number of ether oxygens (including phenoxy) is 2. The average molecular weight is 402 g/mol. The van der Waals surface area contributed by atoms with E-state index < -0.39 is 16.0 Å². The smallest absolute Gasteiger partial charge is 0.343 e. The van der Waals surface area contributed by atoms with Gasteiger partial charge in [0, 0.05) is 19.2 Å². The molecule has 0 N–H and O–H groups in total. The van der Waals surface area contributed by atoms with Crippen molar-refractivity contribution in [2.45, 2.75) is 25.7 Å². The van der Waals surface area contributed by atoms with Crippen molar-refractivity contribution in [1.29, 1.82) is 5.26 Å². The van der Waals surface area contributed by atoms with Crippen LogP contribution >= 0.6 is 0 Å². The number of sulfonamides is 1. The summed E-state index contributed by atoms with van der Waals surface area (Å²) in [6.07, 6.45) is 0. The highest BCUT2D eigenvalue weighted by atomic mass is 32.2. The van der Waals surface area contributed by atoms with Gasteiger partial charge in [0.15, 0.2) is 11.5 Å². The molecule has 28 heavy (non-hydrogen) atoms. The molecule has 0 atom stereocenters. The summed E-state index contributed by atoms with van der Waals surface area (Å²) < 4.78 is 37.4. The Labute approximate surface area is 165 Å². The monoisotopic (exact) mass is 402 g/mol. The second-order valence-electron chi connectivity index (χ2n) is 5.71. The maximum Gasteiger partial charge on any atom is 0.343 e.